The van der Waals surface area contributed by atoms with E-state index in [2.05, 4.69) is 22.5 Å². The largest absolute Gasteiger partial charge is 0.385 e. The van der Waals surface area contributed by atoms with Crippen molar-refractivity contribution in [2.45, 2.75) is 13.3 Å². The van der Waals surface area contributed by atoms with Crippen LogP contribution in [0.4, 0.5) is 15.8 Å². The Bertz CT molecular complexity index is 649. The molecule has 0 spiro atoms. The molecule has 6 heteroatoms. The molecule has 0 bridgehead atoms. The minimum absolute atomic E-state index is 0.316. The molecule has 2 rings (SSSR count). The first kappa shape index (κ1) is 15.7. The number of nitrogens with zero attached hydrogens (tertiary/aromatic N) is 1. The first-order valence-electron chi connectivity index (χ1n) is 6.56. The van der Waals surface area contributed by atoms with E-state index in [1.54, 1.807) is 12.3 Å². The monoisotopic (exact) mass is 399 g/mol. The number of rotatable bonds is 5. The van der Waals surface area contributed by atoms with Crippen molar-refractivity contribution < 1.29 is 9.18 Å². The number of aromatic nitrogens is 1. The van der Waals surface area contributed by atoms with E-state index in [0.717, 1.165) is 18.7 Å². The first-order chi connectivity index (χ1) is 10.1. The van der Waals surface area contributed by atoms with Gasteiger partial charge in [-0.05, 0) is 59.3 Å². The van der Waals surface area contributed by atoms with Gasteiger partial charge in [0.15, 0.2) is 0 Å². The third kappa shape index (κ3) is 4.38. The van der Waals surface area contributed by atoms with Crippen LogP contribution in [0, 0.1) is 9.39 Å². The van der Waals surface area contributed by atoms with Crippen LogP contribution in [-0.2, 0) is 0 Å². The van der Waals surface area contributed by atoms with Crippen molar-refractivity contribution in [3.8, 4) is 0 Å². The van der Waals surface area contributed by atoms with Gasteiger partial charge in [-0.3, -0.25) is 9.78 Å². The molecule has 0 aliphatic rings. The Morgan fingerprint density at radius 1 is 1.33 bits per heavy atom. The van der Waals surface area contributed by atoms with Gasteiger partial charge in [-0.2, -0.15) is 0 Å². The predicted molar refractivity (Wildman–Crippen MR) is 90.1 cm³/mol. The SMILES string of the molecule is CCCNc1ccnc(C(=O)Nc2ccc(F)cc2I)c1. The van der Waals surface area contributed by atoms with Crippen LogP contribution in [0.3, 0.4) is 0 Å². The van der Waals surface area contributed by atoms with Crippen LogP contribution < -0.4 is 10.6 Å². The molecule has 110 valence electrons. The molecule has 0 saturated carbocycles. The highest BCUT2D eigenvalue weighted by Crippen LogP contribution is 2.20. The predicted octanol–water partition coefficient (Wildman–Crippen LogP) is 3.90. The van der Waals surface area contributed by atoms with Gasteiger partial charge in [-0.25, -0.2) is 4.39 Å². The molecule has 1 aromatic heterocycles. The summed E-state index contributed by atoms with van der Waals surface area (Å²) >= 11 is 1.98. The van der Waals surface area contributed by atoms with Crippen molar-refractivity contribution in [3.63, 3.8) is 0 Å². The number of benzene rings is 1. The molecule has 21 heavy (non-hydrogen) atoms. The highest BCUT2D eigenvalue weighted by Gasteiger charge is 2.10. The normalized spacial score (nSPS) is 10.2. The third-order valence-electron chi connectivity index (χ3n) is 2.75. The van der Waals surface area contributed by atoms with Crippen LogP contribution in [0.25, 0.3) is 0 Å². The number of carbonyl (C=O) groups is 1. The summed E-state index contributed by atoms with van der Waals surface area (Å²) < 4.78 is 13.7. The van der Waals surface area contributed by atoms with Gasteiger partial charge < -0.3 is 10.6 Å². The number of pyridine rings is 1. The highest BCUT2D eigenvalue weighted by atomic mass is 127. The standard InChI is InChI=1S/C15H15FIN3O/c1-2-6-18-11-5-7-19-14(9-11)15(21)20-13-4-3-10(16)8-12(13)17/h3-5,7-9H,2,6H2,1H3,(H,18,19)(H,20,21). The summed E-state index contributed by atoms with van der Waals surface area (Å²) in [5.74, 6) is -0.652. The highest BCUT2D eigenvalue weighted by molar-refractivity contribution is 14.1. The van der Waals surface area contributed by atoms with Gasteiger partial charge in [0.25, 0.3) is 5.91 Å². The van der Waals surface area contributed by atoms with Crippen molar-refractivity contribution in [2.24, 2.45) is 0 Å². The Kier molecular flexibility index (Phi) is 5.49. The van der Waals surface area contributed by atoms with E-state index in [9.17, 15) is 9.18 Å². The molecule has 2 N–H and O–H groups in total. The fourth-order valence-electron chi connectivity index (χ4n) is 1.71. The molecule has 2 aromatic rings. The zero-order chi connectivity index (χ0) is 15.2. The van der Waals surface area contributed by atoms with Crippen LogP contribution >= 0.6 is 22.6 Å². The number of nitrogens with one attached hydrogen (secondary N) is 2. The number of hydrogen-bond donors (Lipinski definition) is 2. The summed E-state index contributed by atoms with van der Waals surface area (Å²) in [4.78, 5) is 16.2. The summed E-state index contributed by atoms with van der Waals surface area (Å²) in [6.07, 6.45) is 2.58. The van der Waals surface area contributed by atoms with E-state index in [4.69, 9.17) is 0 Å². The molecule has 1 amide bonds. The molecule has 0 saturated heterocycles. The van der Waals surface area contributed by atoms with Crippen LogP contribution in [-0.4, -0.2) is 17.4 Å². The zero-order valence-electron chi connectivity index (χ0n) is 11.5. The minimum atomic E-state index is -0.332. The Hall–Kier alpha value is -1.70. The number of halogens is 2. The number of amides is 1. The molecule has 0 fully saturated rings. The lowest BCUT2D eigenvalue weighted by Crippen LogP contribution is -2.15. The van der Waals surface area contributed by atoms with Crippen molar-refractivity contribution in [1.29, 1.82) is 0 Å². The summed E-state index contributed by atoms with van der Waals surface area (Å²) in [7, 11) is 0. The second-order valence-electron chi connectivity index (χ2n) is 4.43. The molecule has 4 nitrogen and oxygen atoms in total. The molecule has 1 heterocycles. The number of hydrogen-bond acceptors (Lipinski definition) is 3. The summed E-state index contributed by atoms with van der Waals surface area (Å²) in [6.45, 7) is 2.90. The first-order valence-corrected chi connectivity index (χ1v) is 7.64. The van der Waals surface area contributed by atoms with E-state index >= 15 is 0 Å². The van der Waals surface area contributed by atoms with E-state index < -0.39 is 0 Å². The Labute approximate surface area is 136 Å². The van der Waals surface area contributed by atoms with Crippen LogP contribution in [0.1, 0.15) is 23.8 Å². The maximum Gasteiger partial charge on any atom is 0.274 e. The molecule has 0 radical (unpaired) electrons. The zero-order valence-corrected chi connectivity index (χ0v) is 13.6. The maximum atomic E-state index is 13.0. The van der Waals surface area contributed by atoms with Crippen LogP contribution in [0.2, 0.25) is 0 Å². The van der Waals surface area contributed by atoms with Gasteiger partial charge in [0.2, 0.25) is 0 Å². The lowest BCUT2D eigenvalue weighted by molar-refractivity contribution is 0.102. The summed E-state index contributed by atoms with van der Waals surface area (Å²) in [5.41, 5.74) is 1.73. The molecule has 0 aliphatic carbocycles. The van der Waals surface area contributed by atoms with Crippen molar-refractivity contribution in [3.05, 3.63) is 51.6 Å². The average Bonchev–Trinajstić information content (AvgIpc) is 2.48. The van der Waals surface area contributed by atoms with E-state index in [0.29, 0.717) is 15.0 Å². The van der Waals surface area contributed by atoms with E-state index in [-0.39, 0.29) is 11.7 Å². The average molecular weight is 399 g/mol. The van der Waals surface area contributed by atoms with Gasteiger partial charge in [0.1, 0.15) is 11.5 Å². The Morgan fingerprint density at radius 3 is 2.86 bits per heavy atom. The van der Waals surface area contributed by atoms with Gasteiger partial charge in [-0.15, -0.1) is 0 Å². The lowest BCUT2D eigenvalue weighted by Gasteiger charge is -2.09. The second-order valence-corrected chi connectivity index (χ2v) is 5.60. The third-order valence-corrected chi connectivity index (χ3v) is 3.64. The molecule has 0 unspecified atom stereocenters. The molecule has 1 aromatic carbocycles. The minimum Gasteiger partial charge on any atom is -0.385 e. The number of anilines is 2. The fourth-order valence-corrected chi connectivity index (χ4v) is 2.32. The van der Waals surface area contributed by atoms with E-state index in [1.165, 1.54) is 18.2 Å². The smallest absolute Gasteiger partial charge is 0.274 e. The number of carbonyl (C=O) groups excluding carboxylic acids is 1. The van der Waals surface area contributed by atoms with Gasteiger partial charge in [-0.1, -0.05) is 6.92 Å². The van der Waals surface area contributed by atoms with Crippen molar-refractivity contribution >= 4 is 39.9 Å². The second kappa shape index (κ2) is 7.35. The van der Waals surface area contributed by atoms with Gasteiger partial charge >= 0.3 is 0 Å². The van der Waals surface area contributed by atoms with Crippen LogP contribution in [0.15, 0.2) is 36.5 Å². The molecule has 0 aliphatic heterocycles. The van der Waals surface area contributed by atoms with Crippen molar-refractivity contribution in [1.82, 2.24) is 4.98 Å². The van der Waals surface area contributed by atoms with Crippen molar-refractivity contribution in [2.75, 3.05) is 17.2 Å². The topological polar surface area (TPSA) is 54.0 Å². The Morgan fingerprint density at radius 2 is 2.14 bits per heavy atom. The van der Waals surface area contributed by atoms with E-state index in [1.807, 2.05) is 28.7 Å². The molecular weight excluding hydrogens is 384 g/mol. The molecular formula is C15H15FIN3O. The molecule has 0 atom stereocenters. The van der Waals surface area contributed by atoms with Gasteiger partial charge in [0.05, 0.1) is 5.69 Å². The maximum absolute atomic E-state index is 13.0. The fraction of sp³-hybridized carbons (Fsp3) is 0.200. The summed E-state index contributed by atoms with van der Waals surface area (Å²) in [5, 5.41) is 5.93. The summed E-state index contributed by atoms with van der Waals surface area (Å²) in [6, 6.07) is 7.72. The van der Waals surface area contributed by atoms with Gasteiger partial charge in [0, 0.05) is 22.0 Å². The lowest BCUT2D eigenvalue weighted by atomic mass is 10.2. The quantitative estimate of drug-likeness (QED) is 0.750. The Balaban J connectivity index is 2.12. The van der Waals surface area contributed by atoms with Crippen LogP contribution in [0.5, 0.6) is 0 Å².